The smallest absolute Gasteiger partial charge is 0.240 e. The monoisotopic (exact) mass is 292 g/mol. The maximum absolute atomic E-state index is 12.8. The van der Waals surface area contributed by atoms with Gasteiger partial charge in [-0.05, 0) is 49.6 Å². The summed E-state index contributed by atoms with van der Waals surface area (Å²) in [5.41, 5.74) is 0. The minimum Gasteiger partial charge on any atom is -0.333 e. The molecule has 3 nitrogen and oxygen atoms in total. The van der Waals surface area contributed by atoms with Gasteiger partial charge in [-0.3, -0.25) is 4.79 Å². The minimum atomic E-state index is 0.0502. The van der Waals surface area contributed by atoms with Gasteiger partial charge in [-0.1, -0.05) is 19.4 Å². The predicted octanol–water partition coefficient (Wildman–Crippen LogP) is 3.02. The number of hydrogen-bond donors (Lipinski definition) is 1. The first-order valence-corrected chi connectivity index (χ1v) is 8.72. The Bertz CT molecular complexity index is 441. The maximum atomic E-state index is 12.8. The molecule has 2 heterocycles. The zero-order chi connectivity index (χ0) is 13.9. The van der Waals surface area contributed by atoms with Crippen LogP contribution in [0.15, 0.2) is 17.5 Å². The van der Waals surface area contributed by atoms with E-state index >= 15 is 0 Å². The molecule has 1 N–H and O–H groups in total. The van der Waals surface area contributed by atoms with E-state index < -0.39 is 0 Å². The summed E-state index contributed by atoms with van der Waals surface area (Å²) < 4.78 is 0. The highest BCUT2D eigenvalue weighted by molar-refractivity contribution is 7.09. The molecule has 4 heteroatoms. The van der Waals surface area contributed by atoms with Crippen LogP contribution in [-0.4, -0.2) is 29.4 Å². The Morgan fingerprint density at radius 3 is 2.95 bits per heavy atom. The van der Waals surface area contributed by atoms with Crippen molar-refractivity contribution in [3.05, 3.63) is 22.4 Å². The van der Waals surface area contributed by atoms with Crippen LogP contribution in [0, 0.1) is 5.92 Å². The summed E-state index contributed by atoms with van der Waals surface area (Å²) in [5, 5.41) is 5.53. The fraction of sp³-hybridized carbons (Fsp3) is 0.688. The van der Waals surface area contributed by atoms with Gasteiger partial charge in [-0.25, -0.2) is 0 Å². The number of amides is 1. The second-order valence-electron chi connectivity index (χ2n) is 6.08. The SMILES string of the molecule is CCC1CCNC(C(=O)N(Cc2cccs2)C2CC2)C1. The molecule has 1 aromatic heterocycles. The number of nitrogens with zero attached hydrogens (tertiary/aromatic N) is 1. The molecule has 3 rings (SSSR count). The van der Waals surface area contributed by atoms with Gasteiger partial charge in [0.1, 0.15) is 0 Å². The zero-order valence-corrected chi connectivity index (χ0v) is 13.0. The molecule has 1 amide bonds. The van der Waals surface area contributed by atoms with Crippen molar-refractivity contribution in [2.24, 2.45) is 5.92 Å². The molecule has 110 valence electrons. The van der Waals surface area contributed by atoms with Crippen LogP contribution in [0.4, 0.5) is 0 Å². The summed E-state index contributed by atoms with van der Waals surface area (Å²) in [6.45, 7) is 4.03. The van der Waals surface area contributed by atoms with Gasteiger partial charge in [-0.15, -0.1) is 11.3 Å². The number of carbonyl (C=O) groups excluding carboxylic acids is 1. The number of piperidine rings is 1. The number of nitrogens with one attached hydrogen (secondary N) is 1. The molecule has 1 aromatic rings. The molecule has 1 saturated heterocycles. The van der Waals surface area contributed by atoms with E-state index in [2.05, 4.69) is 34.7 Å². The van der Waals surface area contributed by atoms with Gasteiger partial charge in [0.25, 0.3) is 0 Å². The average molecular weight is 292 g/mol. The first-order valence-electron chi connectivity index (χ1n) is 7.84. The lowest BCUT2D eigenvalue weighted by Gasteiger charge is -2.33. The van der Waals surface area contributed by atoms with E-state index in [1.54, 1.807) is 11.3 Å². The lowest BCUT2D eigenvalue weighted by molar-refractivity contribution is -0.135. The lowest BCUT2D eigenvalue weighted by atomic mass is 9.90. The Labute approximate surface area is 125 Å². The summed E-state index contributed by atoms with van der Waals surface area (Å²) in [6.07, 6.45) is 5.79. The molecule has 0 spiro atoms. The molecular weight excluding hydrogens is 268 g/mol. The van der Waals surface area contributed by atoms with E-state index in [0.29, 0.717) is 17.9 Å². The summed E-state index contributed by atoms with van der Waals surface area (Å²) in [5.74, 6) is 1.05. The van der Waals surface area contributed by atoms with Crippen molar-refractivity contribution in [1.82, 2.24) is 10.2 Å². The van der Waals surface area contributed by atoms with Crippen LogP contribution in [0.1, 0.15) is 43.9 Å². The summed E-state index contributed by atoms with van der Waals surface area (Å²) >= 11 is 1.75. The average Bonchev–Trinajstić information content (AvgIpc) is 3.20. The van der Waals surface area contributed by atoms with Gasteiger partial charge in [0.05, 0.1) is 12.6 Å². The topological polar surface area (TPSA) is 32.3 Å². The molecule has 0 bridgehead atoms. The third-order valence-electron chi connectivity index (χ3n) is 4.56. The highest BCUT2D eigenvalue weighted by atomic mass is 32.1. The number of rotatable bonds is 5. The maximum Gasteiger partial charge on any atom is 0.240 e. The zero-order valence-electron chi connectivity index (χ0n) is 12.2. The standard InChI is InChI=1S/C16H24N2OS/c1-2-12-7-8-17-15(10-12)16(19)18(13-5-6-13)11-14-4-3-9-20-14/h3-4,9,12-13,15,17H,2,5-8,10-11H2,1H3. The van der Waals surface area contributed by atoms with Crippen LogP contribution in [0.3, 0.4) is 0 Å². The van der Waals surface area contributed by atoms with Crippen molar-refractivity contribution in [2.75, 3.05) is 6.54 Å². The number of hydrogen-bond acceptors (Lipinski definition) is 3. The van der Waals surface area contributed by atoms with Crippen LogP contribution in [0.2, 0.25) is 0 Å². The van der Waals surface area contributed by atoms with Crippen LogP contribution >= 0.6 is 11.3 Å². The van der Waals surface area contributed by atoms with E-state index in [9.17, 15) is 4.79 Å². The second kappa shape index (κ2) is 6.27. The number of carbonyl (C=O) groups is 1. The van der Waals surface area contributed by atoms with Crippen molar-refractivity contribution < 1.29 is 4.79 Å². The van der Waals surface area contributed by atoms with Gasteiger partial charge < -0.3 is 10.2 Å². The van der Waals surface area contributed by atoms with E-state index in [4.69, 9.17) is 0 Å². The van der Waals surface area contributed by atoms with Gasteiger partial charge in [0.2, 0.25) is 5.91 Å². The third-order valence-corrected chi connectivity index (χ3v) is 5.43. The Morgan fingerprint density at radius 1 is 1.45 bits per heavy atom. The quantitative estimate of drug-likeness (QED) is 0.905. The molecule has 0 aromatic carbocycles. The molecular formula is C16H24N2OS. The van der Waals surface area contributed by atoms with Gasteiger partial charge in [-0.2, -0.15) is 0 Å². The summed E-state index contributed by atoms with van der Waals surface area (Å²) in [7, 11) is 0. The van der Waals surface area contributed by atoms with Gasteiger partial charge >= 0.3 is 0 Å². The largest absolute Gasteiger partial charge is 0.333 e. The van der Waals surface area contributed by atoms with E-state index in [1.165, 1.54) is 30.6 Å². The van der Waals surface area contributed by atoms with E-state index in [-0.39, 0.29) is 6.04 Å². The second-order valence-corrected chi connectivity index (χ2v) is 7.11. The first kappa shape index (κ1) is 14.1. The molecule has 0 radical (unpaired) electrons. The molecule has 1 aliphatic carbocycles. The van der Waals surface area contributed by atoms with Gasteiger partial charge in [0, 0.05) is 10.9 Å². The highest BCUT2D eigenvalue weighted by Gasteiger charge is 2.37. The van der Waals surface area contributed by atoms with Crippen molar-refractivity contribution in [2.45, 2.75) is 57.7 Å². The molecule has 2 atom stereocenters. The Morgan fingerprint density at radius 2 is 2.30 bits per heavy atom. The van der Waals surface area contributed by atoms with Crippen LogP contribution in [-0.2, 0) is 11.3 Å². The third kappa shape index (κ3) is 3.23. The van der Waals surface area contributed by atoms with Crippen LogP contribution in [0.25, 0.3) is 0 Å². The van der Waals surface area contributed by atoms with Crippen LogP contribution < -0.4 is 5.32 Å². The summed E-state index contributed by atoms with van der Waals surface area (Å²) in [6, 6.07) is 4.75. The van der Waals surface area contributed by atoms with Crippen molar-refractivity contribution in [3.63, 3.8) is 0 Å². The van der Waals surface area contributed by atoms with E-state index in [0.717, 1.165) is 19.5 Å². The van der Waals surface area contributed by atoms with Crippen molar-refractivity contribution in [3.8, 4) is 0 Å². The molecule has 1 saturated carbocycles. The predicted molar refractivity (Wildman–Crippen MR) is 82.7 cm³/mol. The fourth-order valence-corrected chi connectivity index (χ4v) is 3.80. The fourth-order valence-electron chi connectivity index (χ4n) is 3.10. The van der Waals surface area contributed by atoms with Crippen LogP contribution in [0.5, 0.6) is 0 Å². The Hall–Kier alpha value is -0.870. The molecule has 1 aliphatic heterocycles. The van der Waals surface area contributed by atoms with Gasteiger partial charge in [0.15, 0.2) is 0 Å². The molecule has 2 unspecified atom stereocenters. The van der Waals surface area contributed by atoms with E-state index in [1.807, 2.05) is 0 Å². The molecule has 2 aliphatic rings. The first-order chi connectivity index (χ1) is 9.78. The normalized spacial score (nSPS) is 26.4. The Kier molecular flexibility index (Phi) is 4.41. The Balaban J connectivity index is 1.66. The van der Waals surface area contributed by atoms with Crippen molar-refractivity contribution >= 4 is 17.2 Å². The highest BCUT2D eigenvalue weighted by Crippen LogP contribution is 2.31. The lowest BCUT2D eigenvalue weighted by Crippen LogP contribution is -2.50. The minimum absolute atomic E-state index is 0.0502. The van der Waals surface area contributed by atoms with Crippen molar-refractivity contribution in [1.29, 1.82) is 0 Å². The molecule has 2 fully saturated rings. The number of thiophene rings is 1. The summed E-state index contributed by atoms with van der Waals surface area (Å²) in [4.78, 5) is 16.3. The molecule has 20 heavy (non-hydrogen) atoms.